The molecule has 0 saturated carbocycles. The van der Waals surface area contributed by atoms with Crippen LogP contribution in [0.1, 0.15) is 19.3 Å². The third kappa shape index (κ3) is 2.85. The quantitative estimate of drug-likeness (QED) is 0.525. The van der Waals surface area contributed by atoms with Gasteiger partial charge in [0, 0.05) is 11.0 Å². The Bertz CT molecular complexity index is 66.6. The summed E-state index contributed by atoms with van der Waals surface area (Å²) in [6.07, 6.45) is 4.31. The van der Waals surface area contributed by atoms with Crippen LogP contribution in [0.4, 0.5) is 0 Å². The molecule has 1 rings (SSSR count). The number of halogens is 1. The predicted octanol–water partition coefficient (Wildman–Crippen LogP) is 1.91. The Morgan fingerprint density at radius 2 is 1.78 bits per heavy atom. The standard InChI is InChI=1S/C7H14IN/c8-4-7-9-5-2-1-3-6-9/h1-7H2. The molecular formula is C7H14IN. The van der Waals surface area contributed by atoms with Crippen molar-refractivity contribution in [3.8, 4) is 0 Å². The van der Waals surface area contributed by atoms with Crippen molar-refractivity contribution in [1.82, 2.24) is 4.90 Å². The van der Waals surface area contributed by atoms with E-state index < -0.39 is 0 Å². The lowest BCUT2D eigenvalue weighted by molar-refractivity contribution is 0.243. The molecule has 1 aliphatic heterocycles. The summed E-state index contributed by atoms with van der Waals surface area (Å²) in [7, 11) is 0. The molecule has 54 valence electrons. The van der Waals surface area contributed by atoms with E-state index in [9.17, 15) is 0 Å². The van der Waals surface area contributed by atoms with Crippen LogP contribution >= 0.6 is 22.6 Å². The van der Waals surface area contributed by atoms with Crippen LogP contribution in [0.5, 0.6) is 0 Å². The molecule has 0 atom stereocenters. The van der Waals surface area contributed by atoms with E-state index in [0.717, 1.165) is 0 Å². The fourth-order valence-corrected chi connectivity index (χ4v) is 1.98. The maximum atomic E-state index is 2.57. The van der Waals surface area contributed by atoms with Gasteiger partial charge in [0.15, 0.2) is 0 Å². The minimum atomic E-state index is 1.29. The van der Waals surface area contributed by atoms with Crippen molar-refractivity contribution in [2.45, 2.75) is 19.3 Å². The predicted molar refractivity (Wildman–Crippen MR) is 49.2 cm³/mol. The van der Waals surface area contributed by atoms with E-state index >= 15 is 0 Å². The molecule has 1 aliphatic rings. The Hall–Kier alpha value is 0.690. The summed E-state index contributed by atoms with van der Waals surface area (Å²) in [4.78, 5) is 2.57. The van der Waals surface area contributed by atoms with Crippen LogP contribution < -0.4 is 0 Å². The number of piperidine rings is 1. The van der Waals surface area contributed by atoms with Crippen molar-refractivity contribution in [2.24, 2.45) is 0 Å². The van der Waals surface area contributed by atoms with Crippen LogP contribution in [0.3, 0.4) is 0 Å². The van der Waals surface area contributed by atoms with Crippen LogP contribution in [0, 0.1) is 0 Å². The molecule has 0 spiro atoms. The Kier molecular flexibility index (Phi) is 3.89. The van der Waals surface area contributed by atoms with E-state index in [1.54, 1.807) is 0 Å². The molecule has 0 bridgehead atoms. The van der Waals surface area contributed by atoms with Gasteiger partial charge < -0.3 is 4.90 Å². The SMILES string of the molecule is ICCN1CCCCC1. The van der Waals surface area contributed by atoms with Gasteiger partial charge in [-0.25, -0.2) is 0 Å². The van der Waals surface area contributed by atoms with Crippen LogP contribution in [0.2, 0.25) is 0 Å². The zero-order valence-electron chi connectivity index (χ0n) is 5.77. The molecule has 1 saturated heterocycles. The van der Waals surface area contributed by atoms with Gasteiger partial charge >= 0.3 is 0 Å². The lowest BCUT2D eigenvalue weighted by Gasteiger charge is -2.25. The smallest absolute Gasteiger partial charge is 0.0123 e. The van der Waals surface area contributed by atoms with Crippen molar-refractivity contribution < 1.29 is 0 Å². The monoisotopic (exact) mass is 239 g/mol. The molecule has 0 aromatic rings. The van der Waals surface area contributed by atoms with Gasteiger partial charge in [-0.3, -0.25) is 0 Å². The molecule has 0 radical (unpaired) electrons. The molecule has 1 nitrogen and oxygen atoms in total. The topological polar surface area (TPSA) is 3.24 Å². The normalized spacial score (nSPS) is 22.3. The Morgan fingerprint density at radius 3 is 2.33 bits per heavy atom. The van der Waals surface area contributed by atoms with Crippen molar-refractivity contribution in [2.75, 3.05) is 24.1 Å². The molecule has 0 amide bonds. The number of hydrogen-bond donors (Lipinski definition) is 0. The van der Waals surface area contributed by atoms with Crippen LogP contribution in [-0.2, 0) is 0 Å². The fraction of sp³-hybridized carbons (Fsp3) is 1.00. The Balaban J connectivity index is 2.08. The maximum Gasteiger partial charge on any atom is 0.0123 e. The Morgan fingerprint density at radius 1 is 1.11 bits per heavy atom. The third-order valence-corrected chi connectivity index (χ3v) is 2.33. The minimum Gasteiger partial charge on any atom is -0.303 e. The van der Waals surface area contributed by atoms with Crippen LogP contribution in [0.15, 0.2) is 0 Å². The van der Waals surface area contributed by atoms with Gasteiger partial charge in [0.25, 0.3) is 0 Å². The molecule has 0 N–H and O–H groups in total. The number of rotatable bonds is 2. The molecular weight excluding hydrogens is 225 g/mol. The average molecular weight is 239 g/mol. The number of nitrogens with zero attached hydrogens (tertiary/aromatic N) is 1. The van der Waals surface area contributed by atoms with Gasteiger partial charge in [0.2, 0.25) is 0 Å². The average Bonchev–Trinajstić information content (AvgIpc) is 1.91. The second-order valence-electron chi connectivity index (χ2n) is 2.59. The summed E-state index contributed by atoms with van der Waals surface area (Å²) in [5.41, 5.74) is 0. The highest BCUT2D eigenvalue weighted by Crippen LogP contribution is 2.07. The van der Waals surface area contributed by atoms with E-state index in [-0.39, 0.29) is 0 Å². The van der Waals surface area contributed by atoms with Crippen molar-refractivity contribution in [1.29, 1.82) is 0 Å². The summed E-state index contributed by atoms with van der Waals surface area (Å²) in [6, 6.07) is 0. The van der Waals surface area contributed by atoms with Crippen molar-refractivity contribution in [3.05, 3.63) is 0 Å². The molecule has 1 fully saturated rings. The van der Waals surface area contributed by atoms with Crippen LogP contribution in [-0.4, -0.2) is 29.0 Å². The van der Waals surface area contributed by atoms with Gasteiger partial charge in [-0.05, 0) is 25.9 Å². The Labute approximate surface area is 70.9 Å². The van der Waals surface area contributed by atoms with Gasteiger partial charge in [0.1, 0.15) is 0 Å². The molecule has 1 heterocycles. The van der Waals surface area contributed by atoms with Crippen molar-refractivity contribution in [3.63, 3.8) is 0 Å². The fourth-order valence-electron chi connectivity index (χ4n) is 1.30. The molecule has 2 heteroatoms. The summed E-state index contributed by atoms with van der Waals surface area (Å²) in [6.45, 7) is 4.01. The first kappa shape index (κ1) is 7.79. The molecule has 0 aliphatic carbocycles. The molecule has 0 aromatic heterocycles. The van der Waals surface area contributed by atoms with Gasteiger partial charge in [-0.15, -0.1) is 0 Å². The van der Waals surface area contributed by atoms with E-state index in [0.29, 0.717) is 0 Å². The first-order valence-corrected chi connectivity index (χ1v) is 5.24. The summed E-state index contributed by atoms with van der Waals surface area (Å²) in [5, 5.41) is 0. The highest BCUT2D eigenvalue weighted by Gasteiger charge is 2.07. The van der Waals surface area contributed by atoms with Gasteiger partial charge in [-0.1, -0.05) is 29.0 Å². The van der Waals surface area contributed by atoms with E-state index in [1.807, 2.05) is 0 Å². The molecule has 0 aromatic carbocycles. The maximum absolute atomic E-state index is 2.57. The number of likely N-dealkylation sites (tertiary alicyclic amines) is 1. The van der Waals surface area contributed by atoms with E-state index in [4.69, 9.17) is 0 Å². The highest BCUT2D eigenvalue weighted by molar-refractivity contribution is 14.1. The second-order valence-corrected chi connectivity index (χ2v) is 3.67. The second kappa shape index (κ2) is 4.50. The molecule has 9 heavy (non-hydrogen) atoms. The summed E-state index contributed by atoms with van der Waals surface area (Å²) >= 11 is 2.45. The lowest BCUT2D eigenvalue weighted by atomic mass is 10.1. The molecule has 0 unspecified atom stereocenters. The van der Waals surface area contributed by atoms with Gasteiger partial charge in [-0.2, -0.15) is 0 Å². The lowest BCUT2D eigenvalue weighted by Crippen LogP contribution is -2.31. The van der Waals surface area contributed by atoms with Crippen LogP contribution in [0.25, 0.3) is 0 Å². The zero-order valence-corrected chi connectivity index (χ0v) is 7.93. The first-order valence-electron chi connectivity index (χ1n) is 3.72. The summed E-state index contributed by atoms with van der Waals surface area (Å²) < 4.78 is 1.29. The largest absolute Gasteiger partial charge is 0.303 e. The van der Waals surface area contributed by atoms with Crippen molar-refractivity contribution >= 4 is 22.6 Å². The minimum absolute atomic E-state index is 1.29. The first-order chi connectivity index (χ1) is 4.43. The van der Waals surface area contributed by atoms with E-state index in [1.165, 1.54) is 43.3 Å². The van der Waals surface area contributed by atoms with E-state index in [2.05, 4.69) is 27.5 Å². The number of alkyl halides is 1. The third-order valence-electron chi connectivity index (χ3n) is 1.85. The summed E-state index contributed by atoms with van der Waals surface area (Å²) in [5.74, 6) is 0. The number of hydrogen-bond acceptors (Lipinski definition) is 1. The van der Waals surface area contributed by atoms with Gasteiger partial charge in [0.05, 0.1) is 0 Å². The highest BCUT2D eigenvalue weighted by atomic mass is 127. The zero-order chi connectivity index (χ0) is 6.53.